The van der Waals surface area contributed by atoms with Gasteiger partial charge < -0.3 is 5.11 Å². The van der Waals surface area contributed by atoms with Crippen molar-refractivity contribution in [2.75, 3.05) is 0 Å². The largest absolute Gasteiger partial charge is 0.478 e. The van der Waals surface area contributed by atoms with Crippen LogP contribution in [-0.4, -0.2) is 16.1 Å². The number of nitrogens with zero attached hydrogens (tertiary/aromatic N) is 1. The third-order valence-corrected chi connectivity index (χ3v) is 2.34. The summed E-state index contributed by atoms with van der Waals surface area (Å²) in [6, 6.07) is 0. The molecule has 0 aliphatic carbocycles. The van der Waals surface area contributed by atoms with Gasteiger partial charge in [-0.05, 0) is 28.4 Å². The SMILES string of the molecule is Cc1cncc(C(=O)O)c1Br. The van der Waals surface area contributed by atoms with Crippen LogP contribution in [0.3, 0.4) is 0 Å². The Morgan fingerprint density at radius 3 is 2.73 bits per heavy atom. The van der Waals surface area contributed by atoms with Crippen LogP contribution in [0, 0.1) is 6.92 Å². The van der Waals surface area contributed by atoms with Crippen molar-refractivity contribution >= 4 is 21.9 Å². The molecule has 0 fully saturated rings. The predicted molar refractivity (Wildman–Crippen MR) is 43.6 cm³/mol. The molecule has 0 atom stereocenters. The number of aromatic nitrogens is 1. The Morgan fingerprint density at radius 1 is 1.64 bits per heavy atom. The average Bonchev–Trinajstić information content (AvgIpc) is 1.94. The zero-order valence-electron chi connectivity index (χ0n) is 5.84. The molecule has 4 heteroatoms. The molecule has 0 bridgehead atoms. The first-order chi connectivity index (χ1) is 5.13. The van der Waals surface area contributed by atoms with Gasteiger partial charge in [0.1, 0.15) is 0 Å². The minimum absolute atomic E-state index is 0.199. The summed E-state index contributed by atoms with van der Waals surface area (Å²) < 4.78 is 0.597. The number of carbonyl (C=O) groups is 1. The Hall–Kier alpha value is -0.900. The normalized spacial score (nSPS) is 9.64. The lowest BCUT2D eigenvalue weighted by atomic mass is 10.2. The third kappa shape index (κ3) is 1.57. The van der Waals surface area contributed by atoms with Gasteiger partial charge in [-0.3, -0.25) is 4.98 Å². The monoisotopic (exact) mass is 215 g/mol. The molecule has 0 radical (unpaired) electrons. The second kappa shape index (κ2) is 3.00. The molecule has 1 aromatic rings. The van der Waals surface area contributed by atoms with Gasteiger partial charge in [-0.15, -0.1) is 0 Å². The van der Waals surface area contributed by atoms with Gasteiger partial charge in [0, 0.05) is 16.9 Å². The first kappa shape index (κ1) is 8.20. The van der Waals surface area contributed by atoms with Crippen LogP contribution >= 0.6 is 15.9 Å². The fraction of sp³-hybridized carbons (Fsp3) is 0.143. The third-order valence-electron chi connectivity index (χ3n) is 1.28. The minimum Gasteiger partial charge on any atom is -0.478 e. The molecule has 0 saturated heterocycles. The summed E-state index contributed by atoms with van der Waals surface area (Å²) in [5.74, 6) is -0.965. The smallest absolute Gasteiger partial charge is 0.338 e. The topological polar surface area (TPSA) is 50.2 Å². The number of aryl methyl sites for hydroxylation is 1. The lowest BCUT2D eigenvalue weighted by Gasteiger charge is -1.99. The number of carboxylic acid groups (broad SMARTS) is 1. The van der Waals surface area contributed by atoms with E-state index in [1.165, 1.54) is 6.20 Å². The molecule has 1 N–H and O–H groups in total. The molecule has 1 rings (SSSR count). The number of rotatable bonds is 1. The molecule has 0 unspecified atom stereocenters. The van der Waals surface area contributed by atoms with Crippen LogP contribution in [0.1, 0.15) is 15.9 Å². The Labute approximate surface area is 72.2 Å². The van der Waals surface area contributed by atoms with Crippen LogP contribution in [0.4, 0.5) is 0 Å². The molecule has 1 heterocycles. The van der Waals surface area contributed by atoms with Crippen molar-refractivity contribution in [3.63, 3.8) is 0 Å². The van der Waals surface area contributed by atoms with Crippen LogP contribution in [0.5, 0.6) is 0 Å². The second-order valence-electron chi connectivity index (χ2n) is 2.12. The van der Waals surface area contributed by atoms with Crippen LogP contribution in [0.15, 0.2) is 16.9 Å². The molecule has 0 amide bonds. The molecule has 0 aromatic carbocycles. The maximum absolute atomic E-state index is 10.5. The van der Waals surface area contributed by atoms with E-state index < -0.39 is 5.97 Å². The summed E-state index contributed by atoms with van der Waals surface area (Å²) in [4.78, 5) is 14.3. The molecule has 0 spiro atoms. The van der Waals surface area contributed by atoms with E-state index in [1.807, 2.05) is 0 Å². The minimum atomic E-state index is -0.965. The van der Waals surface area contributed by atoms with Crippen molar-refractivity contribution in [2.24, 2.45) is 0 Å². The summed E-state index contributed by atoms with van der Waals surface area (Å²) in [7, 11) is 0. The summed E-state index contributed by atoms with van der Waals surface area (Å²) in [6.07, 6.45) is 2.93. The number of carboxylic acids is 1. The summed E-state index contributed by atoms with van der Waals surface area (Å²) >= 11 is 3.16. The molecule has 0 saturated carbocycles. The van der Waals surface area contributed by atoms with Gasteiger partial charge in [-0.25, -0.2) is 4.79 Å². The molecular formula is C7H6BrNO2. The van der Waals surface area contributed by atoms with Crippen molar-refractivity contribution in [1.82, 2.24) is 4.98 Å². The molecule has 58 valence electrons. The van der Waals surface area contributed by atoms with Crippen molar-refractivity contribution in [2.45, 2.75) is 6.92 Å². The Balaban J connectivity index is 3.27. The highest BCUT2D eigenvalue weighted by Crippen LogP contribution is 2.19. The number of hydrogen-bond donors (Lipinski definition) is 1. The fourth-order valence-electron chi connectivity index (χ4n) is 0.698. The number of hydrogen-bond acceptors (Lipinski definition) is 2. The van der Waals surface area contributed by atoms with Crippen molar-refractivity contribution < 1.29 is 9.90 Å². The quantitative estimate of drug-likeness (QED) is 0.779. The van der Waals surface area contributed by atoms with Crippen molar-refractivity contribution in [3.05, 3.63) is 28.0 Å². The van der Waals surface area contributed by atoms with Gasteiger partial charge in [0.15, 0.2) is 0 Å². The highest BCUT2D eigenvalue weighted by Gasteiger charge is 2.09. The summed E-state index contributed by atoms with van der Waals surface area (Å²) in [5.41, 5.74) is 1.02. The summed E-state index contributed by atoms with van der Waals surface area (Å²) in [5, 5.41) is 8.62. The average molecular weight is 216 g/mol. The highest BCUT2D eigenvalue weighted by atomic mass is 79.9. The number of pyridine rings is 1. The molecule has 3 nitrogen and oxygen atoms in total. The zero-order chi connectivity index (χ0) is 8.43. The van der Waals surface area contributed by atoms with Gasteiger partial charge >= 0.3 is 5.97 Å². The fourth-order valence-corrected chi connectivity index (χ4v) is 1.07. The van der Waals surface area contributed by atoms with E-state index in [4.69, 9.17) is 5.11 Å². The van der Waals surface area contributed by atoms with E-state index in [-0.39, 0.29) is 5.56 Å². The van der Waals surface area contributed by atoms with E-state index >= 15 is 0 Å². The standard InChI is InChI=1S/C7H6BrNO2/c1-4-2-9-3-5(6(4)8)7(10)11/h2-3H,1H3,(H,10,11). The number of aromatic carboxylic acids is 1. The maximum Gasteiger partial charge on any atom is 0.338 e. The molecule has 0 aliphatic rings. The first-order valence-electron chi connectivity index (χ1n) is 2.96. The molecule has 0 aliphatic heterocycles. The van der Waals surface area contributed by atoms with Gasteiger partial charge in [0.2, 0.25) is 0 Å². The molecule has 1 aromatic heterocycles. The van der Waals surface area contributed by atoms with Crippen molar-refractivity contribution in [1.29, 1.82) is 0 Å². The lowest BCUT2D eigenvalue weighted by Crippen LogP contribution is -1.99. The van der Waals surface area contributed by atoms with Gasteiger partial charge in [0.25, 0.3) is 0 Å². The van der Waals surface area contributed by atoms with Crippen LogP contribution < -0.4 is 0 Å². The highest BCUT2D eigenvalue weighted by molar-refractivity contribution is 9.10. The zero-order valence-corrected chi connectivity index (χ0v) is 7.42. The first-order valence-corrected chi connectivity index (χ1v) is 3.75. The van der Waals surface area contributed by atoms with Crippen LogP contribution in [0.25, 0.3) is 0 Å². The van der Waals surface area contributed by atoms with E-state index in [0.717, 1.165) is 5.56 Å². The van der Waals surface area contributed by atoms with Gasteiger partial charge in [0.05, 0.1) is 5.56 Å². The Morgan fingerprint density at radius 2 is 2.27 bits per heavy atom. The van der Waals surface area contributed by atoms with E-state index in [9.17, 15) is 4.79 Å². The van der Waals surface area contributed by atoms with E-state index in [0.29, 0.717) is 4.47 Å². The summed E-state index contributed by atoms with van der Waals surface area (Å²) in [6.45, 7) is 1.80. The Bertz CT molecular complexity index is 298. The van der Waals surface area contributed by atoms with Crippen LogP contribution in [-0.2, 0) is 0 Å². The van der Waals surface area contributed by atoms with Crippen LogP contribution in [0.2, 0.25) is 0 Å². The predicted octanol–water partition coefficient (Wildman–Crippen LogP) is 1.85. The van der Waals surface area contributed by atoms with E-state index in [1.54, 1.807) is 13.1 Å². The van der Waals surface area contributed by atoms with Gasteiger partial charge in [-0.2, -0.15) is 0 Å². The lowest BCUT2D eigenvalue weighted by molar-refractivity contribution is 0.0695. The number of halogens is 1. The van der Waals surface area contributed by atoms with E-state index in [2.05, 4.69) is 20.9 Å². The molecular weight excluding hydrogens is 210 g/mol. The van der Waals surface area contributed by atoms with Crippen molar-refractivity contribution in [3.8, 4) is 0 Å². The van der Waals surface area contributed by atoms with Gasteiger partial charge in [-0.1, -0.05) is 0 Å². The molecule has 11 heavy (non-hydrogen) atoms. The maximum atomic E-state index is 10.5. The Kier molecular flexibility index (Phi) is 2.24. The second-order valence-corrected chi connectivity index (χ2v) is 2.92.